The molecule has 4 unspecified atom stereocenters. The van der Waals surface area contributed by atoms with E-state index < -0.39 is 0 Å². The first-order chi connectivity index (χ1) is 8.19. The highest BCUT2D eigenvalue weighted by molar-refractivity contribution is 5.80. The average molecular weight is 238 g/mol. The van der Waals surface area contributed by atoms with Gasteiger partial charge in [0.1, 0.15) is 0 Å². The van der Waals surface area contributed by atoms with Crippen molar-refractivity contribution in [3.63, 3.8) is 0 Å². The van der Waals surface area contributed by atoms with Gasteiger partial charge in [-0.3, -0.25) is 4.79 Å². The molecule has 0 aromatic heterocycles. The number of rotatable bonds is 5. The van der Waals surface area contributed by atoms with Crippen LogP contribution in [0.4, 0.5) is 0 Å². The molecule has 4 atom stereocenters. The van der Waals surface area contributed by atoms with Gasteiger partial charge in [-0.25, -0.2) is 0 Å². The van der Waals surface area contributed by atoms with Gasteiger partial charge in [-0.2, -0.15) is 0 Å². The Morgan fingerprint density at radius 3 is 2.53 bits per heavy atom. The first kappa shape index (κ1) is 12.9. The van der Waals surface area contributed by atoms with Crippen molar-refractivity contribution >= 4 is 5.91 Å². The van der Waals surface area contributed by atoms with Crippen LogP contribution in [0.25, 0.3) is 0 Å². The van der Waals surface area contributed by atoms with E-state index in [1.165, 1.54) is 19.3 Å². The zero-order valence-corrected chi connectivity index (χ0v) is 11.2. The quantitative estimate of drug-likeness (QED) is 0.796. The van der Waals surface area contributed by atoms with E-state index in [-0.39, 0.29) is 12.0 Å². The number of unbranched alkanes of at least 4 members (excludes halogenated alkanes) is 1. The summed E-state index contributed by atoms with van der Waals surface area (Å²) in [5.74, 6) is 1.67. The molecule has 0 aromatic carbocycles. The van der Waals surface area contributed by atoms with Crippen molar-refractivity contribution in [2.24, 2.45) is 23.5 Å². The average Bonchev–Trinajstić information content (AvgIpc) is 2.90. The molecule has 1 amide bonds. The Bertz CT molecular complexity index is 277. The fourth-order valence-corrected chi connectivity index (χ4v) is 3.69. The van der Waals surface area contributed by atoms with E-state index in [2.05, 4.69) is 13.8 Å². The molecular weight excluding hydrogens is 212 g/mol. The maximum Gasteiger partial charge on any atom is 0.227 e. The predicted molar refractivity (Wildman–Crippen MR) is 69.5 cm³/mol. The minimum absolute atomic E-state index is 0.130. The second kappa shape index (κ2) is 5.38. The van der Waals surface area contributed by atoms with E-state index in [0.29, 0.717) is 17.7 Å². The first-order valence-electron chi connectivity index (χ1n) is 7.23. The predicted octanol–water partition coefficient (Wildman–Crippen LogP) is 2.01. The van der Waals surface area contributed by atoms with Gasteiger partial charge in [0.05, 0.1) is 5.92 Å². The summed E-state index contributed by atoms with van der Waals surface area (Å²) in [7, 11) is 0. The van der Waals surface area contributed by atoms with Crippen LogP contribution in [0.5, 0.6) is 0 Å². The number of hydrogen-bond acceptors (Lipinski definition) is 2. The van der Waals surface area contributed by atoms with Crippen LogP contribution in [0.3, 0.4) is 0 Å². The third kappa shape index (κ3) is 2.35. The number of nitrogens with two attached hydrogens (primary N) is 1. The van der Waals surface area contributed by atoms with Gasteiger partial charge in [-0.05, 0) is 44.4 Å². The van der Waals surface area contributed by atoms with Crippen LogP contribution in [0.1, 0.15) is 46.0 Å². The van der Waals surface area contributed by atoms with Gasteiger partial charge in [-0.1, -0.05) is 13.3 Å². The van der Waals surface area contributed by atoms with E-state index in [1.54, 1.807) is 0 Å². The smallest absolute Gasteiger partial charge is 0.227 e. The van der Waals surface area contributed by atoms with Crippen molar-refractivity contribution in [1.82, 2.24) is 4.90 Å². The van der Waals surface area contributed by atoms with Gasteiger partial charge < -0.3 is 10.6 Å². The molecule has 0 heterocycles. The number of carbonyl (C=O) groups excluding carboxylic acids is 1. The Hall–Kier alpha value is -0.570. The number of nitrogens with zero attached hydrogens (tertiary/aromatic N) is 1. The van der Waals surface area contributed by atoms with Crippen LogP contribution in [0, 0.1) is 17.8 Å². The molecule has 2 aliphatic carbocycles. The lowest BCUT2D eigenvalue weighted by Gasteiger charge is -2.32. The molecule has 0 radical (unpaired) electrons. The molecule has 2 N–H and O–H groups in total. The fraction of sp³-hybridized carbons (Fsp3) is 0.929. The summed E-state index contributed by atoms with van der Waals surface area (Å²) in [6, 6.07) is 0.136. The first-order valence-corrected chi connectivity index (χ1v) is 7.23. The zero-order chi connectivity index (χ0) is 12.4. The van der Waals surface area contributed by atoms with Crippen molar-refractivity contribution < 1.29 is 4.79 Å². The number of hydrogen-bond donors (Lipinski definition) is 1. The van der Waals surface area contributed by atoms with Crippen LogP contribution in [-0.2, 0) is 4.79 Å². The molecule has 3 nitrogen and oxygen atoms in total. The minimum Gasteiger partial charge on any atom is -0.343 e. The number of carbonyl (C=O) groups is 1. The monoisotopic (exact) mass is 238 g/mol. The summed E-state index contributed by atoms with van der Waals surface area (Å²) < 4.78 is 0. The second-order valence-corrected chi connectivity index (χ2v) is 5.71. The summed E-state index contributed by atoms with van der Waals surface area (Å²) in [6.45, 7) is 5.99. The van der Waals surface area contributed by atoms with E-state index >= 15 is 0 Å². The van der Waals surface area contributed by atoms with E-state index in [1.807, 2.05) is 4.90 Å². The highest BCUT2D eigenvalue weighted by Gasteiger charge is 2.49. The normalized spacial score (nSPS) is 35.2. The molecule has 2 bridgehead atoms. The Morgan fingerprint density at radius 2 is 2.00 bits per heavy atom. The van der Waals surface area contributed by atoms with Crippen molar-refractivity contribution in [1.29, 1.82) is 0 Å². The molecule has 2 rings (SSSR count). The minimum atomic E-state index is 0.130. The van der Waals surface area contributed by atoms with Crippen molar-refractivity contribution in [2.45, 2.75) is 52.0 Å². The standard InChI is InChI=1S/C14H26N2O/c1-3-5-8-16(4-2)14(17)12-10-6-7-11(9-10)13(12)15/h10-13H,3-9,15H2,1-2H3. The fourth-order valence-electron chi connectivity index (χ4n) is 3.69. The molecule has 3 heteroatoms. The summed E-state index contributed by atoms with van der Waals surface area (Å²) in [5.41, 5.74) is 6.24. The molecule has 0 aromatic rings. The molecule has 0 spiro atoms. The van der Waals surface area contributed by atoms with Crippen LogP contribution < -0.4 is 5.73 Å². The number of fused-ring (bicyclic) bond motifs is 2. The Labute approximate surface area is 105 Å². The molecule has 0 aliphatic heterocycles. The van der Waals surface area contributed by atoms with Crippen LogP contribution in [0.2, 0.25) is 0 Å². The largest absolute Gasteiger partial charge is 0.343 e. The summed E-state index contributed by atoms with van der Waals surface area (Å²) in [5, 5.41) is 0. The molecule has 2 aliphatic rings. The lowest BCUT2D eigenvalue weighted by atomic mass is 9.84. The van der Waals surface area contributed by atoms with Crippen molar-refractivity contribution in [3.8, 4) is 0 Å². The van der Waals surface area contributed by atoms with Gasteiger partial charge in [0.15, 0.2) is 0 Å². The molecule has 2 fully saturated rings. The summed E-state index contributed by atoms with van der Waals surface area (Å²) in [6.07, 6.45) is 5.92. The second-order valence-electron chi connectivity index (χ2n) is 5.71. The zero-order valence-electron chi connectivity index (χ0n) is 11.2. The third-order valence-electron chi connectivity index (χ3n) is 4.74. The third-order valence-corrected chi connectivity index (χ3v) is 4.74. The molecular formula is C14H26N2O. The van der Waals surface area contributed by atoms with Gasteiger partial charge >= 0.3 is 0 Å². The van der Waals surface area contributed by atoms with Crippen LogP contribution in [-0.4, -0.2) is 29.9 Å². The molecule has 98 valence electrons. The Morgan fingerprint density at radius 1 is 1.29 bits per heavy atom. The molecule has 2 saturated carbocycles. The van der Waals surface area contributed by atoms with Crippen LogP contribution >= 0.6 is 0 Å². The van der Waals surface area contributed by atoms with E-state index in [0.717, 1.165) is 25.9 Å². The SMILES string of the molecule is CCCCN(CC)C(=O)C1C2CCC(C2)C1N. The Balaban J connectivity index is 1.98. The maximum atomic E-state index is 12.5. The van der Waals surface area contributed by atoms with Crippen molar-refractivity contribution in [3.05, 3.63) is 0 Å². The molecule has 0 saturated heterocycles. The molecule has 17 heavy (non-hydrogen) atoms. The summed E-state index contributed by atoms with van der Waals surface area (Å²) >= 11 is 0. The van der Waals surface area contributed by atoms with E-state index in [4.69, 9.17) is 5.73 Å². The van der Waals surface area contributed by atoms with Crippen LogP contribution in [0.15, 0.2) is 0 Å². The number of amides is 1. The highest BCUT2D eigenvalue weighted by atomic mass is 16.2. The van der Waals surface area contributed by atoms with Crippen molar-refractivity contribution in [2.75, 3.05) is 13.1 Å². The lowest BCUT2D eigenvalue weighted by molar-refractivity contribution is -0.137. The lowest BCUT2D eigenvalue weighted by Crippen LogP contribution is -2.47. The maximum absolute atomic E-state index is 12.5. The van der Waals surface area contributed by atoms with Gasteiger partial charge in [0, 0.05) is 19.1 Å². The van der Waals surface area contributed by atoms with Gasteiger partial charge in [-0.15, -0.1) is 0 Å². The Kier molecular flexibility index (Phi) is 4.08. The topological polar surface area (TPSA) is 46.3 Å². The van der Waals surface area contributed by atoms with Gasteiger partial charge in [0.2, 0.25) is 5.91 Å². The highest BCUT2D eigenvalue weighted by Crippen LogP contribution is 2.48. The summed E-state index contributed by atoms with van der Waals surface area (Å²) in [4.78, 5) is 14.6. The van der Waals surface area contributed by atoms with Gasteiger partial charge in [0.25, 0.3) is 0 Å². The van der Waals surface area contributed by atoms with E-state index in [9.17, 15) is 4.79 Å².